The highest BCUT2D eigenvalue weighted by molar-refractivity contribution is 9.10. The number of anilines is 2. The van der Waals surface area contributed by atoms with E-state index >= 15 is 0 Å². The second kappa shape index (κ2) is 15.0. The Morgan fingerprint density at radius 3 is 2.28 bits per heavy atom. The van der Waals surface area contributed by atoms with E-state index in [0.717, 1.165) is 4.47 Å². The lowest BCUT2D eigenvalue weighted by Gasteiger charge is -2.16. The fourth-order valence-electron chi connectivity index (χ4n) is 4.90. The number of nitrogens with zero attached hydrogens (tertiary/aromatic N) is 1. The fraction of sp³-hybridized carbons (Fsp3) is 0.143. The molecule has 0 aliphatic carbocycles. The van der Waals surface area contributed by atoms with E-state index in [-0.39, 0.29) is 23.9 Å². The van der Waals surface area contributed by atoms with Gasteiger partial charge in [0.25, 0.3) is 11.8 Å². The molecule has 0 bridgehead atoms. The Labute approximate surface area is 284 Å². The highest BCUT2D eigenvalue weighted by atomic mass is 79.9. The van der Waals surface area contributed by atoms with E-state index in [1.807, 2.05) is 0 Å². The van der Waals surface area contributed by atoms with Gasteiger partial charge >= 0.3 is 0 Å². The number of imide groups is 1. The summed E-state index contributed by atoms with van der Waals surface area (Å²) in [6.07, 6.45) is 1.52. The molecule has 1 saturated heterocycles. The van der Waals surface area contributed by atoms with Crippen LogP contribution < -0.4 is 29.7 Å². The minimum absolute atomic E-state index is 0.0434. The van der Waals surface area contributed by atoms with Crippen molar-refractivity contribution in [2.24, 2.45) is 0 Å². The smallest absolute Gasteiger partial charge is 0.272 e. The van der Waals surface area contributed by atoms with Crippen LogP contribution in [-0.4, -0.2) is 50.2 Å². The van der Waals surface area contributed by atoms with Gasteiger partial charge in [-0.25, -0.2) is 4.90 Å². The highest BCUT2D eigenvalue weighted by Crippen LogP contribution is 2.41. The topological polar surface area (TPSA) is 123 Å². The van der Waals surface area contributed by atoms with Gasteiger partial charge in [-0.3, -0.25) is 19.2 Å². The van der Waals surface area contributed by atoms with Gasteiger partial charge in [0, 0.05) is 32.6 Å². The van der Waals surface area contributed by atoms with Gasteiger partial charge in [0.05, 0.1) is 32.3 Å². The summed E-state index contributed by atoms with van der Waals surface area (Å²) in [5, 5.41) is 4.92. The van der Waals surface area contributed by atoms with E-state index in [0.29, 0.717) is 44.6 Å². The molecule has 1 aliphatic rings. The minimum Gasteiger partial charge on any atom is -0.493 e. The van der Waals surface area contributed by atoms with E-state index in [4.69, 9.17) is 14.2 Å². The molecular formula is C35H30BrN3O7S. The number of rotatable bonds is 11. The number of nitrogens with one attached hydrogen (secondary N) is 2. The average Bonchev–Trinajstić information content (AvgIpc) is 3.36. The first-order valence-corrected chi connectivity index (χ1v) is 16.0. The largest absolute Gasteiger partial charge is 0.493 e. The zero-order valence-electron chi connectivity index (χ0n) is 25.6. The Kier molecular flexibility index (Phi) is 10.6. The van der Waals surface area contributed by atoms with Gasteiger partial charge in [0.15, 0.2) is 11.5 Å². The molecule has 12 heteroatoms. The average molecular weight is 717 g/mol. The van der Waals surface area contributed by atoms with Crippen molar-refractivity contribution in [1.29, 1.82) is 0 Å². The molecule has 4 amide bonds. The van der Waals surface area contributed by atoms with Crippen molar-refractivity contribution in [2.45, 2.75) is 16.6 Å². The van der Waals surface area contributed by atoms with Crippen LogP contribution in [0.15, 0.2) is 106 Å². The number of thioether (sulfide) groups is 1. The Balaban J connectivity index is 1.39. The number of carbonyl (C=O) groups is 4. The van der Waals surface area contributed by atoms with Gasteiger partial charge in [0.2, 0.25) is 17.6 Å². The number of hydrogen-bond donors (Lipinski definition) is 2. The lowest BCUT2D eigenvalue weighted by molar-refractivity contribution is -0.121. The molecule has 0 radical (unpaired) electrons. The number of carbonyl (C=O) groups excluding carboxylic acids is 4. The Morgan fingerprint density at radius 1 is 0.872 bits per heavy atom. The van der Waals surface area contributed by atoms with Crippen molar-refractivity contribution in [3.05, 3.63) is 112 Å². The molecule has 0 spiro atoms. The normalized spacial score (nSPS) is 14.5. The number of hydrogen-bond acceptors (Lipinski definition) is 8. The number of benzene rings is 4. The lowest BCUT2D eigenvalue weighted by atomic mass is 10.1. The van der Waals surface area contributed by atoms with Crippen molar-refractivity contribution >= 4 is 68.8 Å². The first-order valence-electron chi connectivity index (χ1n) is 14.3. The van der Waals surface area contributed by atoms with Gasteiger partial charge < -0.3 is 24.8 Å². The Bertz CT molecular complexity index is 1850. The van der Waals surface area contributed by atoms with Crippen molar-refractivity contribution < 1.29 is 33.4 Å². The highest BCUT2D eigenvalue weighted by Gasteiger charge is 2.40. The molecule has 10 nitrogen and oxygen atoms in total. The van der Waals surface area contributed by atoms with Crippen LogP contribution in [0.1, 0.15) is 22.3 Å². The van der Waals surface area contributed by atoms with Crippen molar-refractivity contribution in [2.75, 3.05) is 31.5 Å². The van der Waals surface area contributed by atoms with Crippen LogP contribution >= 0.6 is 27.7 Å². The summed E-state index contributed by atoms with van der Waals surface area (Å²) in [6.45, 7) is 0. The summed E-state index contributed by atoms with van der Waals surface area (Å²) in [4.78, 5) is 54.8. The van der Waals surface area contributed by atoms with Crippen LogP contribution in [-0.2, 0) is 14.4 Å². The predicted octanol–water partition coefficient (Wildman–Crippen LogP) is 6.31. The fourth-order valence-corrected chi connectivity index (χ4v) is 6.28. The Hall–Kier alpha value is -5.07. The molecule has 47 heavy (non-hydrogen) atoms. The standard InChI is InChI=1S/C35H30BrN3O7S/c1-44-28-17-12-22(31(45-2)32(28)46-3)18-27(38-33(41)21-8-5-4-6-9-21)34(42)37-24-10-7-11-26(19-24)47-29-20-30(40)39(35(29)43)25-15-13-23(36)14-16-25/h4-19,29H,20H2,1-3H3,(H,37,42)(H,38,41)/b27-18-. The number of amides is 4. The predicted molar refractivity (Wildman–Crippen MR) is 184 cm³/mol. The van der Waals surface area contributed by atoms with Crippen molar-refractivity contribution in [3.8, 4) is 17.2 Å². The third-order valence-electron chi connectivity index (χ3n) is 7.12. The summed E-state index contributed by atoms with van der Waals surface area (Å²) in [7, 11) is 4.43. The zero-order chi connectivity index (χ0) is 33.5. The molecule has 1 unspecified atom stereocenters. The van der Waals surface area contributed by atoms with Crippen LogP contribution in [0, 0.1) is 0 Å². The third kappa shape index (κ3) is 7.67. The molecule has 5 rings (SSSR count). The number of methoxy groups -OCH3 is 3. The number of halogens is 1. The van der Waals surface area contributed by atoms with E-state index in [1.165, 1.54) is 44.1 Å². The van der Waals surface area contributed by atoms with Crippen molar-refractivity contribution in [1.82, 2.24) is 5.32 Å². The van der Waals surface area contributed by atoms with Crippen LogP contribution in [0.3, 0.4) is 0 Å². The molecule has 1 aliphatic heterocycles. The maximum atomic E-state index is 13.7. The summed E-state index contributed by atoms with van der Waals surface area (Å²) >= 11 is 4.61. The molecule has 1 atom stereocenters. The van der Waals surface area contributed by atoms with E-state index in [9.17, 15) is 19.2 Å². The van der Waals surface area contributed by atoms with Crippen molar-refractivity contribution in [3.63, 3.8) is 0 Å². The van der Waals surface area contributed by atoms with Gasteiger partial charge in [-0.1, -0.05) is 40.2 Å². The van der Waals surface area contributed by atoms with E-state index in [1.54, 1.807) is 91.0 Å². The molecule has 4 aromatic carbocycles. The van der Waals surface area contributed by atoms with Crippen LogP contribution in [0.4, 0.5) is 11.4 Å². The summed E-state index contributed by atoms with van der Waals surface area (Å²) in [6, 6.07) is 25.7. The summed E-state index contributed by atoms with van der Waals surface area (Å²) in [5.41, 5.74) is 1.67. The molecule has 0 saturated carbocycles. The summed E-state index contributed by atoms with van der Waals surface area (Å²) < 4.78 is 17.3. The first-order chi connectivity index (χ1) is 22.7. The van der Waals surface area contributed by atoms with E-state index in [2.05, 4.69) is 26.6 Å². The van der Waals surface area contributed by atoms with Gasteiger partial charge in [0.1, 0.15) is 5.70 Å². The molecule has 240 valence electrons. The monoisotopic (exact) mass is 715 g/mol. The molecule has 2 N–H and O–H groups in total. The second-order valence-electron chi connectivity index (χ2n) is 10.1. The molecule has 4 aromatic rings. The maximum absolute atomic E-state index is 13.7. The van der Waals surface area contributed by atoms with Crippen LogP contribution in [0.2, 0.25) is 0 Å². The Morgan fingerprint density at radius 2 is 1.60 bits per heavy atom. The minimum atomic E-state index is -0.629. The summed E-state index contributed by atoms with van der Waals surface area (Å²) in [5.74, 6) is -0.642. The van der Waals surface area contributed by atoms with Crippen LogP contribution in [0.5, 0.6) is 17.2 Å². The molecule has 0 aromatic heterocycles. The molecule has 1 fully saturated rings. The second-order valence-corrected chi connectivity index (χ2v) is 12.3. The van der Waals surface area contributed by atoms with Crippen LogP contribution in [0.25, 0.3) is 6.08 Å². The van der Waals surface area contributed by atoms with Gasteiger partial charge in [-0.2, -0.15) is 0 Å². The zero-order valence-corrected chi connectivity index (χ0v) is 28.0. The molecular weight excluding hydrogens is 686 g/mol. The molecule has 1 heterocycles. The van der Waals surface area contributed by atoms with Gasteiger partial charge in [-0.05, 0) is 72.8 Å². The van der Waals surface area contributed by atoms with Gasteiger partial charge in [-0.15, -0.1) is 11.8 Å². The SMILES string of the molecule is COc1ccc(/C=C(\NC(=O)c2ccccc2)C(=O)Nc2cccc(SC3CC(=O)N(c4ccc(Br)cc4)C3=O)c2)c(OC)c1OC. The maximum Gasteiger partial charge on any atom is 0.272 e. The third-order valence-corrected chi connectivity index (χ3v) is 8.83. The van der Waals surface area contributed by atoms with E-state index < -0.39 is 17.1 Å². The quantitative estimate of drug-likeness (QED) is 0.137. The lowest BCUT2D eigenvalue weighted by Crippen LogP contribution is -2.31. The first kappa shape index (κ1) is 33.3. The number of ether oxygens (including phenoxy) is 3.